The second-order valence-corrected chi connectivity index (χ2v) is 8.15. The number of aromatic nitrogens is 4. The molecular formula is C22H21N5O2S. The summed E-state index contributed by atoms with van der Waals surface area (Å²) in [5, 5.41) is 12.6. The van der Waals surface area contributed by atoms with Crippen LogP contribution in [0.15, 0.2) is 53.7 Å². The minimum atomic E-state index is -0.389. The van der Waals surface area contributed by atoms with Crippen molar-refractivity contribution in [2.45, 2.75) is 30.7 Å². The van der Waals surface area contributed by atoms with Gasteiger partial charge in [-0.3, -0.25) is 9.59 Å². The number of nitrogens with one attached hydrogen (secondary N) is 1. The van der Waals surface area contributed by atoms with Crippen molar-refractivity contribution in [2.75, 3.05) is 5.32 Å². The summed E-state index contributed by atoms with van der Waals surface area (Å²) < 4.78 is 1.98. The van der Waals surface area contributed by atoms with Crippen molar-refractivity contribution in [2.24, 2.45) is 7.05 Å². The maximum atomic E-state index is 12.8. The zero-order valence-electron chi connectivity index (χ0n) is 16.9. The van der Waals surface area contributed by atoms with E-state index in [9.17, 15) is 9.59 Å². The Morgan fingerprint density at radius 1 is 1.13 bits per heavy atom. The zero-order valence-corrected chi connectivity index (χ0v) is 17.7. The summed E-state index contributed by atoms with van der Waals surface area (Å²) in [6.45, 7) is 3.44. The van der Waals surface area contributed by atoms with Crippen LogP contribution in [0.4, 0.5) is 5.69 Å². The highest BCUT2D eigenvalue weighted by molar-refractivity contribution is 8.00. The lowest BCUT2D eigenvalue weighted by Crippen LogP contribution is -2.25. The number of amides is 1. The number of benzene rings is 2. The molecule has 4 aromatic rings. The lowest BCUT2D eigenvalue weighted by Gasteiger charge is -2.14. The predicted molar refractivity (Wildman–Crippen MR) is 119 cm³/mol. The van der Waals surface area contributed by atoms with Gasteiger partial charge in [0.15, 0.2) is 11.4 Å². The molecule has 2 aromatic carbocycles. The average Bonchev–Trinajstić information content (AvgIpc) is 3.04. The van der Waals surface area contributed by atoms with Gasteiger partial charge in [-0.2, -0.15) is 0 Å². The van der Waals surface area contributed by atoms with Crippen molar-refractivity contribution in [3.63, 3.8) is 0 Å². The summed E-state index contributed by atoms with van der Waals surface area (Å²) >= 11 is 1.28. The molecule has 0 saturated carbocycles. The third-order valence-electron chi connectivity index (χ3n) is 4.93. The molecule has 0 radical (unpaired) electrons. The lowest BCUT2D eigenvalue weighted by molar-refractivity contribution is -0.115. The first-order chi connectivity index (χ1) is 14.5. The fraction of sp³-hybridized carbons (Fsp3) is 0.227. The van der Waals surface area contributed by atoms with Crippen molar-refractivity contribution >= 4 is 51.2 Å². The van der Waals surface area contributed by atoms with Gasteiger partial charge in [0, 0.05) is 23.7 Å². The summed E-state index contributed by atoms with van der Waals surface area (Å²) in [6, 6.07) is 14.9. The second kappa shape index (κ2) is 8.23. The van der Waals surface area contributed by atoms with E-state index in [0.29, 0.717) is 22.8 Å². The molecular weight excluding hydrogens is 398 g/mol. The van der Waals surface area contributed by atoms with Gasteiger partial charge in [0.05, 0.1) is 10.8 Å². The van der Waals surface area contributed by atoms with Crippen LogP contribution in [-0.2, 0) is 11.8 Å². The smallest absolute Gasteiger partial charge is 0.237 e. The summed E-state index contributed by atoms with van der Waals surface area (Å²) in [5.41, 5.74) is 3.66. The predicted octanol–water partition coefficient (Wildman–Crippen LogP) is 4.23. The fourth-order valence-corrected chi connectivity index (χ4v) is 4.14. The van der Waals surface area contributed by atoms with Gasteiger partial charge in [-0.25, -0.2) is 4.98 Å². The monoisotopic (exact) mass is 419 g/mol. The van der Waals surface area contributed by atoms with E-state index in [4.69, 9.17) is 0 Å². The lowest BCUT2D eigenvalue weighted by atomic mass is 10.1. The van der Waals surface area contributed by atoms with Crippen LogP contribution < -0.4 is 5.32 Å². The standard InChI is InChI=1S/C22H21N5O2S/c1-4-18(21(29)23-15-9-7-8-14(12-15)13(2)28)30-22-24-20-19(25-26-22)16-10-5-6-11-17(16)27(20)3/h5-12,18H,4H2,1-3H3,(H,23,29)/t18-/m0/s1. The van der Waals surface area contributed by atoms with E-state index < -0.39 is 0 Å². The number of anilines is 1. The molecule has 2 heterocycles. The summed E-state index contributed by atoms with van der Waals surface area (Å²) in [7, 11) is 1.94. The number of carbonyl (C=O) groups is 2. The maximum Gasteiger partial charge on any atom is 0.237 e. The zero-order chi connectivity index (χ0) is 21.3. The van der Waals surface area contributed by atoms with Crippen LogP contribution in [0, 0.1) is 0 Å². The van der Waals surface area contributed by atoms with Crippen LogP contribution in [0.2, 0.25) is 0 Å². The second-order valence-electron chi connectivity index (χ2n) is 6.98. The molecule has 2 aromatic heterocycles. The third-order valence-corrected chi connectivity index (χ3v) is 6.15. The van der Waals surface area contributed by atoms with E-state index in [-0.39, 0.29) is 16.9 Å². The Bertz CT molecular complexity index is 1270. The van der Waals surface area contributed by atoms with Gasteiger partial charge in [0.2, 0.25) is 11.1 Å². The molecule has 0 fully saturated rings. The first kappa shape index (κ1) is 20.0. The van der Waals surface area contributed by atoms with Gasteiger partial charge in [-0.1, -0.05) is 49.0 Å². The number of ketones is 1. The van der Waals surface area contributed by atoms with Crippen molar-refractivity contribution in [1.82, 2.24) is 19.7 Å². The normalized spacial score (nSPS) is 12.2. The number of carbonyl (C=O) groups excluding carboxylic acids is 2. The van der Waals surface area contributed by atoms with E-state index in [0.717, 1.165) is 22.1 Å². The van der Waals surface area contributed by atoms with Crippen LogP contribution >= 0.6 is 11.8 Å². The van der Waals surface area contributed by atoms with E-state index in [1.165, 1.54) is 18.7 Å². The number of hydrogen-bond acceptors (Lipinski definition) is 6. The Labute approximate surface area is 177 Å². The topological polar surface area (TPSA) is 89.8 Å². The van der Waals surface area contributed by atoms with Gasteiger partial charge in [-0.15, -0.1) is 10.2 Å². The summed E-state index contributed by atoms with van der Waals surface area (Å²) in [6.07, 6.45) is 0.597. The van der Waals surface area contributed by atoms with E-state index in [1.54, 1.807) is 24.3 Å². The molecule has 4 rings (SSSR count). The number of rotatable bonds is 6. The van der Waals surface area contributed by atoms with Crippen molar-refractivity contribution in [3.8, 4) is 0 Å². The molecule has 152 valence electrons. The molecule has 8 heteroatoms. The van der Waals surface area contributed by atoms with Crippen LogP contribution in [-0.4, -0.2) is 36.7 Å². The number of nitrogens with zero attached hydrogens (tertiary/aromatic N) is 4. The number of fused-ring (bicyclic) bond motifs is 3. The molecule has 1 N–H and O–H groups in total. The van der Waals surface area contributed by atoms with Gasteiger partial charge < -0.3 is 9.88 Å². The van der Waals surface area contributed by atoms with Crippen LogP contribution in [0.5, 0.6) is 0 Å². The molecule has 7 nitrogen and oxygen atoms in total. The quantitative estimate of drug-likeness (QED) is 0.372. The van der Waals surface area contributed by atoms with Gasteiger partial charge in [0.25, 0.3) is 0 Å². The first-order valence-corrected chi connectivity index (χ1v) is 10.5. The molecule has 1 atom stereocenters. The minimum Gasteiger partial charge on any atom is -0.327 e. The Hall–Kier alpha value is -3.26. The molecule has 0 aliphatic heterocycles. The molecule has 0 aliphatic carbocycles. The Kier molecular flexibility index (Phi) is 5.50. The van der Waals surface area contributed by atoms with Crippen molar-refractivity contribution < 1.29 is 9.59 Å². The molecule has 1 amide bonds. The van der Waals surface area contributed by atoms with E-state index in [1.807, 2.05) is 42.8 Å². The van der Waals surface area contributed by atoms with Crippen molar-refractivity contribution in [1.29, 1.82) is 0 Å². The molecule has 0 bridgehead atoms. The highest BCUT2D eigenvalue weighted by atomic mass is 32.2. The number of thioether (sulfide) groups is 1. The van der Waals surface area contributed by atoms with Gasteiger partial charge in [0.1, 0.15) is 5.52 Å². The Balaban J connectivity index is 1.57. The number of hydrogen-bond donors (Lipinski definition) is 1. The maximum absolute atomic E-state index is 12.8. The Morgan fingerprint density at radius 2 is 1.93 bits per heavy atom. The van der Waals surface area contributed by atoms with E-state index >= 15 is 0 Å². The van der Waals surface area contributed by atoms with Crippen LogP contribution in [0.25, 0.3) is 22.1 Å². The molecule has 30 heavy (non-hydrogen) atoms. The highest BCUT2D eigenvalue weighted by Crippen LogP contribution is 2.28. The first-order valence-electron chi connectivity index (χ1n) is 9.64. The molecule has 0 aliphatic rings. The highest BCUT2D eigenvalue weighted by Gasteiger charge is 2.21. The van der Waals surface area contributed by atoms with Crippen LogP contribution in [0.1, 0.15) is 30.6 Å². The largest absolute Gasteiger partial charge is 0.327 e. The summed E-state index contributed by atoms with van der Waals surface area (Å²) in [5.74, 6) is -0.209. The fourth-order valence-electron chi connectivity index (χ4n) is 3.33. The van der Waals surface area contributed by atoms with Gasteiger partial charge in [-0.05, 0) is 31.5 Å². The van der Waals surface area contributed by atoms with Gasteiger partial charge >= 0.3 is 0 Å². The number of aryl methyl sites for hydroxylation is 1. The SMILES string of the molecule is CC[C@H](Sc1nnc2c3ccccc3n(C)c2n1)C(=O)Nc1cccc(C(C)=O)c1. The van der Waals surface area contributed by atoms with E-state index in [2.05, 4.69) is 20.5 Å². The average molecular weight is 420 g/mol. The van der Waals surface area contributed by atoms with Crippen molar-refractivity contribution in [3.05, 3.63) is 54.1 Å². The minimum absolute atomic E-state index is 0.0461. The third kappa shape index (κ3) is 3.78. The Morgan fingerprint density at radius 3 is 2.70 bits per heavy atom. The van der Waals surface area contributed by atoms with Crippen LogP contribution in [0.3, 0.4) is 0 Å². The summed E-state index contributed by atoms with van der Waals surface area (Å²) in [4.78, 5) is 29.0. The molecule has 0 unspecified atom stereocenters. The molecule has 0 saturated heterocycles. The molecule has 0 spiro atoms. The number of Topliss-reactive ketones (excluding diaryl/α,β-unsaturated/α-hetero) is 1. The number of para-hydroxylation sites is 1.